The fourth-order valence-corrected chi connectivity index (χ4v) is 7.91. The highest BCUT2D eigenvalue weighted by Gasteiger charge is 2.46. The molecule has 7 rings (SSSR count). The van der Waals surface area contributed by atoms with Crippen molar-refractivity contribution in [3.05, 3.63) is 101 Å². The summed E-state index contributed by atoms with van der Waals surface area (Å²) in [7, 11) is -3.54. The molecular formula is C41H38N8O11S2. The van der Waals surface area contributed by atoms with Gasteiger partial charge in [-0.1, -0.05) is 24.3 Å². The van der Waals surface area contributed by atoms with Crippen molar-refractivity contribution in [3.8, 4) is 34.0 Å². The second kappa shape index (κ2) is 18.6. The number of hydrogen-bond acceptors (Lipinski definition) is 14. The maximum atomic E-state index is 13.3. The van der Waals surface area contributed by atoms with Crippen LogP contribution in [0.5, 0.6) is 11.6 Å². The number of hydrogen-bond donors (Lipinski definition) is 4. The average Bonchev–Trinajstić information content (AvgIpc) is 4.00. The molecule has 0 radical (unpaired) electrons. The number of fused-ring (bicyclic) bond motifs is 1. The first-order chi connectivity index (χ1) is 29.7. The number of carbonyl (C=O) groups is 7. The van der Waals surface area contributed by atoms with Crippen molar-refractivity contribution in [1.82, 2.24) is 34.8 Å². The van der Waals surface area contributed by atoms with Crippen molar-refractivity contribution in [2.75, 3.05) is 37.9 Å². The monoisotopic (exact) mass is 882 g/mol. The van der Waals surface area contributed by atoms with Crippen molar-refractivity contribution in [3.63, 3.8) is 0 Å². The molecule has 7 amide bonds. The van der Waals surface area contributed by atoms with E-state index in [1.54, 1.807) is 29.8 Å². The lowest BCUT2D eigenvalue weighted by Crippen LogP contribution is -2.54. The van der Waals surface area contributed by atoms with E-state index >= 15 is 0 Å². The molecule has 0 aliphatic carbocycles. The van der Waals surface area contributed by atoms with E-state index in [1.807, 2.05) is 30.3 Å². The highest BCUT2D eigenvalue weighted by atomic mass is 32.2. The molecule has 3 aromatic heterocycles. The quantitative estimate of drug-likeness (QED) is 0.0775. The van der Waals surface area contributed by atoms with Gasteiger partial charge < -0.3 is 25.4 Å². The largest absolute Gasteiger partial charge is 0.493 e. The fraction of sp³-hybridized carbons (Fsp3) is 0.244. The van der Waals surface area contributed by atoms with E-state index < -0.39 is 51.5 Å². The zero-order valence-electron chi connectivity index (χ0n) is 32.9. The van der Waals surface area contributed by atoms with Gasteiger partial charge in [0.15, 0.2) is 5.13 Å². The first kappa shape index (κ1) is 42.8. The van der Waals surface area contributed by atoms with Gasteiger partial charge in [0.1, 0.15) is 18.4 Å². The Morgan fingerprint density at radius 2 is 1.71 bits per heavy atom. The van der Waals surface area contributed by atoms with Gasteiger partial charge in [-0.15, -0.1) is 11.3 Å². The Morgan fingerprint density at radius 3 is 2.50 bits per heavy atom. The molecule has 0 bridgehead atoms. The second-order valence-electron chi connectivity index (χ2n) is 14.0. The summed E-state index contributed by atoms with van der Waals surface area (Å²) in [5.74, 6) is -3.34. The average molecular weight is 883 g/mol. The van der Waals surface area contributed by atoms with Crippen molar-refractivity contribution in [1.29, 1.82) is 0 Å². The molecule has 2 aliphatic heterocycles. The minimum atomic E-state index is -3.54. The van der Waals surface area contributed by atoms with Gasteiger partial charge in [0, 0.05) is 48.4 Å². The number of rotatable bonds is 17. The SMILES string of the molecule is CS(=O)(=O)n1ccc(C(=O)NCC(=O)Nc2nc(-c3cccc(-c4ccnc(OCCNC(=O)CCCOc5cccc6c5C(=O)N(C5CCC(=O)NC5=O)C6=O)c4)c3)cs2)c1. The van der Waals surface area contributed by atoms with Crippen LogP contribution < -0.4 is 30.7 Å². The summed E-state index contributed by atoms with van der Waals surface area (Å²) < 4.78 is 35.8. The number of aromatic nitrogens is 3. The second-order valence-corrected chi connectivity index (χ2v) is 16.7. The highest BCUT2D eigenvalue weighted by Crippen LogP contribution is 2.34. The number of nitrogens with one attached hydrogen (secondary N) is 4. The molecule has 1 atom stereocenters. The van der Waals surface area contributed by atoms with E-state index in [0.29, 0.717) is 23.1 Å². The Morgan fingerprint density at radius 1 is 0.919 bits per heavy atom. The van der Waals surface area contributed by atoms with Crippen LogP contribution in [0.4, 0.5) is 5.13 Å². The Kier molecular flexibility index (Phi) is 12.8. The number of piperidine rings is 1. The van der Waals surface area contributed by atoms with Crippen molar-refractivity contribution >= 4 is 67.8 Å². The Hall–Kier alpha value is -7.26. The summed E-state index contributed by atoms with van der Waals surface area (Å²) >= 11 is 1.21. The van der Waals surface area contributed by atoms with Gasteiger partial charge in [-0.2, -0.15) is 0 Å². The van der Waals surface area contributed by atoms with Crippen LogP contribution >= 0.6 is 11.3 Å². The van der Waals surface area contributed by atoms with Crippen molar-refractivity contribution in [2.45, 2.75) is 31.7 Å². The van der Waals surface area contributed by atoms with Crippen LogP contribution in [0.2, 0.25) is 0 Å². The van der Waals surface area contributed by atoms with E-state index in [0.717, 1.165) is 38.0 Å². The summed E-state index contributed by atoms with van der Waals surface area (Å²) in [5.41, 5.74) is 3.28. The maximum Gasteiger partial charge on any atom is 0.266 e. The Balaban J connectivity index is 0.834. The molecule has 5 heterocycles. The van der Waals surface area contributed by atoms with Gasteiger partial charge >= 0.3 is 0 Å². The van der Waals surface area contributed by atoms with Gasteiger partial charge in [-0.3, -0.25) is 47.8 Å². The number of ether oxygens (including phenoxy) is 2. The third-order valence-electron chi connectivity index (χ3n) is 9.61. The van der Waals surface area contributed by atoms with E-state index in [2.05, 4.69) is 31.2 Å². The molecule has 62 heavy (non-hydrogen) atoms. The number of nitrogens with zero attached hydrogens (tertiary/aromatic N) is 4. The molecule has 320 valence electrons. The van der Waals surface area contributed by atoms with Crippen LogP contribution in [0.1, 0.15) is 56.8 Å². The van der Waals surface area contributed by atoms with Crippen molar-refractivity contribution < 1.29 is 51.5 Å². The number of pyridine rings is 1. The minimum Gasteiger partial charge on any atom is -0.493 e. The predicted octanol–water partition coefficient (Wildman–Crippen LogP) is 2.61. The lowest BCUT2D eigenvalue weighted by atomic mass is 10.0. The fourth-order valence-electron chi connectivity index (χ4n) is 6.59. The molecule has 1 unspecified atom stereocenters. The first-order valence-electron chi connectivity index (χ1n) is 19.1. The summed E-state index contributed by atoms with van der Waals surface area (Å²) in [6.07, 6.45) is 5.49. The molecular weight excluding hydrogens is 845 g/mol. The van der Waals surface area contributed by atoms with Crippen LogP contribution in [0.15, 0.2) is 84.6 Å². The van der Waals surface area contributed by atoms with Gasteiger partial charge in [-0.05, 0) is 54.3 Å². The van der Waals surface area contributed by atoms with Gasteiger partial charge in [0.25, 0.3) is 17.7 Å². The Bertz CT molecular complexity index is 2710. The molecule has 1 saturated heterocycles. The van der Waals surface area contributed by atoms with E-state index in [4.69, 9.17) is 9.47 Å². The van der Waals surface area contributed by atoms with Crippen molar-refractivity contribution in [2.24, 2.45) is 0 Å². The number of imide groups is 2. The summed E-state index contributed by atoms with van der Waals surface area (Å²) in [6.45, 7) is 0.0679. The van der Waals surface area contributed by atoms with E-state index in [9.17, 15) is 42.0 Å². The Labute approximate surface area is 357 Å². The topological polar surface area (TPSA) is 254 Å². The summed E-state index contributed by atoms with van der Waals surface area (Å²) in [5, 5.41) is 12.2. The minimum absolute atomic E-state index is 0.0107. The van der Waals surface area contributed by atoms with Crippen LogP contribution in [0.25, 0.3) is 22.4 Å². The number of benzene rings is 2. The molecule has 1 fully saturated rings. The van der Waals surface area contributed by atoms with Gasteiger partial charge in [-0.25, -0.2) is 18.4 Å². The molecule has 4 N–H and O–H groups in total. The molecule has 0 spiro atoms. The van der Waals surface area contributed by atoms with E-state index in [-0.39, 0.29) is 73.9 Å². The highest BCUT2D eigenvalue weighted by molar-refractivity contribution is 7.89. The van der Waals surface area contributed by atoms with Crippen LogP contribution in [0, 0.1) is 0 Å². The summed E-state index contributed by atoms with van der Waals surface area (Å²) in [4.78, 5) is 97.3. The molecule has 19 nitrogen and oxygen atoms in total. The smallest absolute Gasteiger partial charge is 0.266 e. The molecule has 21 heteroatoms. The van der Waals surface area contributed by atoms with Gasteiger partial charge in [0.2, 0.25) is 39.5 Å². The molecule has 0 saturated carbocycles. The van der Waals surface area contributed by atoms with Crippen LogP contribution in [-0.2, 0) is 29.2 Å². The normalized spacial score (nSPS) is 14.9. The number of amides is 7. The summed E-state index contributed by atoms with van der Waals surface area (Å²) in [6, 6.07) is 16.0. The lowest BCUT2D eigenvalue weighted by Gasteiger charge is -2.27. The predicted molar refractivity (Wildman–Crippen MR) is 223 cm³/mol. The standard InChI is InChI=1S/C41H38N8O11S2/c1-62(57,58)48-16-13-27(22-48)37(53)44-21-34(52)47-41-45-29(23-61-41)26-6-2-5-24(19-26)25-12-14-43-35(20-25)60-18-15-42-32(50)9-4-17-59-31-8-3-7-28-36(31)40(56)49(39(28)55)30-10-11-33(51)46-38(30)54/h2-3,5-8,12-14,16,19-20,22-23,30H,4,9-11,15,17-18,21H2,1H3,(H,42,50)(H,44,53)(H,45,47,52)(H,46,51,54). The third kappa shape index (κ3) is 10.0. The molecule has 5 aromatic rings. The maximum absolute atomic E-state index is 13.3. The number of carbonyl (C=O) groups excluding carboxylic acids is 7. The molecule has 2 aliphatic rings. The van der Waals surface area contributed by atoms with E-state index in [1.165, 1.54) is 29.7 Å². The third-order valence-corrected chi connectivity index (χ3v) is 11.4. The zero-order chi connectivity index (χ0) is 44.0. The zero-order valence-corrected chi connectivity index (χ0v) is 34.5. The number of anilines is 1. The molecule has 2 aromatic carbocycles. The number of thiazole rings is 1. The van der Waals surface area contributed by atoms with Crippen LogP contribution in [0.3, 0.4) is 0 Å². The van der Waals surface area contributed by atoms with Crippen LogP contribution in [-0.4, -0.2) is 107 Å². The van der Waals surface area contributed by atoms with Gasteiger partial charge in [0.05, 0.1) is 48.3 Å². The first-order valence-corrected chi connectivity index (χ1v) is 21.8. The lowest BCUT2D eigenvalue weighted by molar-refractivity contribution is -0.136.